The number of nitrogens with zero attached hydrogens (tertiary/aromatic N) is 2. The number of rotatable bonds is 2. The lowest BCUT2D eigenvalue weighted by atomic mass is 10.3. The summed E-state index contributed by atoms with van der Waals surface area (Å²) in [5, 5.41) is 9.83. The van der Waals surface area contributed by atoms with Crippen molar-refractivity contribution in [2.45, 2.75) is 13.8 Å². The lowest BCUT2D eigenvalue weighted by Crippen LogP contribution is -2.14. The summed E-state index contributed by atoms with van der Waals surface area (Å²) in [7, 11) is 0. The molecule has 0 fully saturated rings. The third kappa shape index (κ3) is 2.45. The van der Waals surface area contributed by atoms with Gasteiger partial charge in [0.1, 0.15) is 10.8 Å². The van der Waals surface area contributed by atoms with Crippen LogP contribution in [0.5, 0.6) is 0 Å². The van der Waals surface area contributed by atoms with Crippen molar-refractivity contribution >= 4 is 23.2 Å². The summed E-state index contributed by atoms with van der Waals surface area (Å²) in [6, 6.07) is 4.90. The first kappa shape index (κ1) is 11.6. The van der Waals surface area contributed by atoms with Gasteiger partial charge in [0.25, 0.3) is 5.91 Å². The number of hydrogen-bond donors (Lipinski definition) is 2. The van der Waals surface area contributed by atoms with Crippen molar-refractivity contribution in [2.75, 3.05) is 5.32 Å². The number of aryl methyl sites for hydroxylation is 2. The summed E-state index contributed by atoms with van der Waals surface area (Å²) in [5.74, 6) is -0.305. The van der Waals surface area contributed by atoms with Crippen molar-refractivity contribution in [3.05, 3.63) is 40.4 Å². The van der Waals surface area contributed by atoms with Gasteiger partial charge in [0.2, 0.25) is 0 Å². The molecule has 0 aliphatic carbocycles. The van der Waals surface area contributed by atoms with E-state index in [4.69, 9.17) is 11.6 Å². The number of hydrogen-bond acceptors (Lipinski definition) is 3. The molecule has 2 aromatic heterocycles. The molecule has 0 spiro atoms. The van der Waals surface area contributed by atoms with Crippen LogP contribution in [-0.2, 0) is 0 Å². The Balaban J connectivity index is 2.23. The quantitative estimate of drug-likeness (QED) is 0.804. The zero-order valence-corrected chi connectivity index (χ0v) is 10.2. The van der Waals surface area contributed by atoms with Gasteiger partial charge in [-0.2, -0.15) is 5.10 Å². The number of amides is 1. The van der Waals surface area contributed by atoms with Gasteiger partial charge in [-0.3, -0.25) is 9.89 Å². The minimum Gasteiger partial charge on any atom is -0.317 e. The minimum absolute atomic E-state index is 0.275. The average Bonchev–Trinajstić information content (AvgIpc) is 2.61. The van der Waals surface area contributed by atoms with Crippen molar-refractivity contribution in [1.82, 2.24) is 15.2 Å². The molecular formula is C11H11ClN4O. The van der Waals surface area contributed by atoms with Crippen LogP contribution in [0.1, 0.15) is 21.9 Å². The van der Waals surface area contributed by atoms with Crippen LogP contribution in [0.2, 0.25) is 5.15 Å². The van der Waals surface area contributed by atoms with E-state index in [2.05, 4.69) is 20.5 Å². The van der Waals surface area contributed by atoms with Crippen LogP contribution in [-0.4, -0.2) is 21.1 Å². The zero-order chi connectivity index (χ0) is 12.4. The van der Waals surface area contributed by atoms with Crippen LogP contribution in [0.25, 0.3) is 0 Å². The highest BCUT2D eigenvalue weighted by Crippen LogP contribution is 2.17. The van der Waals surface area contributed by atoms with Gasteiger partial charge in [-0.1, -0.05) is 17.7 Å². The van der Waals surface area contributed by atoms with E-state index in [1.165, 1.54) is 0 Å². The van der Waals surface area contributed by atoms with E-state index >= 15 is 0 Å². The maximum absolute atomic E-state index is 11.9. The number of aromatic nitrogens is 3. The van der Waals surface area contributed by atoms with E-state index in [9.17, 15) is 4.79 Å². The topological polar surface area (TPSA) is 70.7 Å². The van der Waals surface area contributed by atoms with Crippen molar-refractivity contribution in [2.24, 2.45) is 0 Å². The Morgan fingerprint density at radius 2 is 2.18 bits per heavy atom. The molecule has 17 heavy (non-hydrogen) atoms. The maximum Gasteiger partial charge on any atom is 0.274 e. The second-order valence-corrected chi connectivity index (χ2v) is 4.00. The molecule has 2 N–H and O–H groups in total. The van der Waals surface area contributed by atoms with Crippen molar-refractivity contribution in [1.29, 1.82) is 0 Å². The molecule has 0 aliphatic heterocycles. The summed E-state index contributed by atoms with van der Waals surface area (Å²) < 4.78 is 0. The predicted octanol–water partition coefficient (Wildman–Crippen LogP) is 2.33. The third-order valence-corrected chi connectivity index (χ3v) is 2.52. The van der Waals surface area contributed by atoms with Crippen molar-refractivity contribution in [3.63, 3.8) is 0 Å². The summed E-state index contributed by atoms with van der Waals surface area (Å²) >= 11 is 5.72. The van der Waals surface area contributed by atoms with Gasteiger partial charge in [-0.05, 0) is 26.0 Å². The maximum atomic E-state index is 11.9. The highest BCUT2D eigenvalue weighted by Gasteiger charge is 2.12. The Kier molecular flexibility index (Phi) is 3.10. The Bertz CT molecular complexity index is 545. The van der Waals surface area contributed by atoms with Crippen LogP contribution in [0.3, 0.4) is 0 Å². The van der Waals surface area contributed by atoms with E-state index in [0.717, 1.165) is 11.4 Å². The molecule has 0 unspecified atom stereocenters. The van der Waals surface area contributed by atoms with Crippen LogP contribution in [0, 0.1) is 13.8 Å². The Labute approximate surface area is 103 Å². The fourth-order valence-corrected chi connectivity index (χ4v) is 1.61. The normalized spacial score (nSPS) is 10.3. The molecule has 2 aromatic rings. The molecule has 0 saturated carbocycles. The first-order valence-electron chi connectivity index (χ1n) is 5.03. The summed E-state index contributed by atoms with van der Waals surface area (Å²) in [4.78, 5) is 15.8. The molecule has 0 aromatic carbocycles. The molecule has 1 amide bonds. The van der Waals surface area contributed by atoms with Gasteiger partial charge in [-0.25, -0.2) is 4.98 Å². The number of halogens is 1. The van der Waals surface area contributed by atoms with Crippen molar-refractivity contribution in [3.8, 4) is 0 Å². The number of pyridine rings is 1. The third-order valence-electron chi connectivity index (χ3n) is 2.31. The predicted molar refractivity (Wildman–Crippen MR) is 65.3 cm³/mol. The molecule has 0 aliphatic rings. The highest BCUT2D eigenvalue weighted by atomic mass is 35.5. The van der Waals surface area contributed by atoms with Crippen LogP contribution < -0.4 is 5.32 Å². The molecular weight excluding hydrogens is 240 g/mol. The van der Waals surface area contributed by atoms with Gasteiger partial charge < -0.3 is 5.32 Å². The van der Waals surface area contributed by atoms with Gasteiger partial charge in [0.15, 0.2) is 0 Å². The Hall–Kier alpha value is -1.88. The second-order valence-electron chi connectivity index (χ2n) is 3.61. The molecule has 5 nitrogen and oxygen atoms in total. The van der Waals surface area contributed by atoms with Gasteiger partial charge in [0, 0.05) is 0 Å². The number of anilines is 1. The summed E-state index contributed by atoms with van der Waals surface area (Å²) in [6.07, 6.45) is 0. The Morgan fingerprint density at radius 3 is 2.76 bits per heavy atom. The van der Waals surface area contributed by atoms with E-state index in [0.29, 0.717) is 10.8 Å². The van der Waals surface area contributed by atoms with E-state index in [1.54, 1.807) is 18.2 Å². The van der Waals surface area contributed by atoms with Gasteiger partial charge in [-0.15, -0.1) is 0 Å². The summed E-state index contributed by atoms with van der Waals surface area (Å²) in [6.45, 7) is 3.64. The second kappa shape index (κ2) is 4.55. The molecule has 6 heteroatoms. The summed E-state index contributed by atoms with van der Waals surface area (Å²) in [5.41, 5.74) is 2.49. The SMILES string of the molecule is Cc1n[nH]c(C)c1NC(=O)c1cccc(Cl)n1. The van der Waals surface area contributed by atoms with E-state index < -0.39 is 0 Å². The molecule has 0 radical (unpaired) electrons. The monoisotopic (exact) mass is 250 g/mol. The molecule has 0 saturated heterocycles. The fraction of sp³-hybridized carbons (Fsp3) is 0.182. The van der Waals surface area contributed by atoms with Crippen LogP contribution in [0.15, 0.2) is 18.2 Å². The molecule has 2 heterocycles. The minimum atomic E-state index is -0.305. The first-order chi connectivity index (χ1) is 8.08. The standard InChI is InChI=1S/C11H11ClN4O/c1-6-10(7(2)16-15-6)14-11(17)8-4-3-5-9(12)13-8/h3-5H,1-2H3,(H,14,17)(H,15,16). The van der Waals surface area contributed by atoms with Crippen LogP contribution >= 0.6 is 11.6 Å². The Morgan fingerprint density at radius 1 is 1.41 bits per heavy atom. The lowest BCUT2D eigenvalue weighted by molar-refractivity contribution is 0.102. The number of nitrogens with one attached hydrogen (secondary N) is 2. The fourth-order valence-electron chi connectivity index (χ4n) is 1.45. The van der Waals surface area contributed by atoms with Crippen molar-refractivity contribution < 1.29 is 4.79 Å². The molecule has 0 atom stereocenters. The largest absolute Gasteiger partial charge is 0.317 e. The number of carbonyl (C=O) groups is 1. The van der Waals surface area contributed by atoms with E-state index in [1.807, 2.05) is 13.8 Å². The van der Waals surface area contributed by atoms with Gasteiger partial charge >= 0.3 is 0 Å². The number of carbonyl (C=O) groups excluding carboxylic acids is 1. The molecule has 88 valence electrons. The number of H-pyrrole nitrogens is 1. The van der Waals surface area contributed by atoms with Crippen LogP contribution in [0.4, 0.5) is 5.69 Å². The lowest BCUT2D eigenvalue weighted by Gasteiger charge is -2.04. The van der Waals surface area contributed by atoms with Gasteiger partial charge in [0.05, 0.1) is 17.1 Å². The number of aromatic amines is 1. The highest BCUT2D eigenvalue weighted by molar-refractivity contribution is 6.29. The molecule has 2 rings (SSSR count). The average molecular weight is 251 g/mol. The first-order valence-corrected chi connectivity index (χ1v) is 5.41. The zero-order valence-electron chi connectivity index (χ0n) is 9.41. The molecule has 0 bridgehead atoms. The van der Waals surface area contributed by atoms with E-state index in [-0.39, 0.29) is 11.6 Å². The smallest absolute Gasteiger partial charge is 0.274 e.